The lowest BCUT2D eigenvalue weighted by Gasteiger charge is -2.20. The van der Waals surface area contributed by atoms with Gasteiger partial charge in [-0.3, -0.25) is 4.79 Å². The van der Waals surface area contributed by atoms with Crippen LogP contribution in [0.15, 0.2) is 23.1 Å². The number of hydrogen-bond donors (Lipinski definition) is 2. The van der Waals surface area contributed by atoms with E-state index >= 15 is 0 Å². The summed E-state index contributed by atoms with van der Waals surface area (Å²) >= 11 is 0. The van der Waals surface area contributed by atoms with Gasteiger partial charge in [0.2, 0.25) is 5.88 Å². The molecule has 0 bridgehead atoms. The van der Waals surface area contributed by atoms with Crippen molar-refractivity contribution in [3.63, 3.8) is 0 Å². The predicted molar refractivity (Wildman–Crippen MR) is 76.6 cm³/mol. The number of anilines is 1. The number of aromatic amines is 1. The zero-order valence-corrected chi connectivity index (χ0v) is 12.3. The average Bonchev–Trinajstić information content (AvgIpc) is 2.94. The highest BCUT2D eigenvalue weighted by Gasteiger charge is 2.39. The molecule has 0 spiro atoms. The van der Waals surface area contributed by atoms with Gasteiger partial charge in [0, 0.05) is 12.6 Å². The highest BCUT2D eigenvalue weighted by Crippen LogP contribution is 2.36. The van der Waals surface area contributed by atoms with E-state index in [1.54, 1.807) is 12.1 Å². The zero-order chi connectivity index (χ0) is 17.3. The SMILES string of the molecule is O=c1[nH]ncc(N2Cc3ccc(OCCO)nc3C2)c1C(F)(F)F. The Labute approximate surface area is 133 Å². The fourth-order valence-electron chi connectivity index (χ4n) is 2.54. The molecule has 24 heavy (non-hydrogen) atoms. The van der Waals surface area contributed by atoms with E-state index in [1.165, 1.54) is 4.90 Å². The summed E-state index contributed by atoms with van der Waals surface area (Å²) in [6, 6.07) is 3.28. The molecule has 2 aromatic heterocycles. The van der Waals surface area contributed by atoms with Crippen LogP contribution in [-0.4, -0.2) is 33.5 Å². The minimum Gasteiger partial charge on any atom is -0.475 e. The van der Waals surface area contributed by atoms with E-state index in [-0.39, 0.29) is 37.9 Å². The minimum absolute atomic E-state index is 0.0751. The Balaban J connectivity index is 1.91. The molecule has 128 valence electrons. The van der Waals surface area contributed by atoms with Crippen LogP contribution in [-0.2, 0) is 19.3 Å². The van der Waals surface area contributed by atoms with Crippen molar-refractivity contribution in [2.24, 2.45) is 0 Å². The van der Waals surface area contributed by atoms with Gasteiger partial charge in [0.1, 0.15) is 12.2 Å². The maximum atomic E-state index is 13.2. The van der Waals surface area contributed by atoms with Crippen molar-refractivity contribution in [3.05, 3.63) is 45.5 Å². The van der Waals surface area contributed by atoms with Gasteiger partial charge in [0.15, 0.2) is 0 Å². The van der Waals surface area contributed by atoms with Crippen LogP contribution in [0.4, 0.5) is 18.9 Å². The molecular weight excluding hydrogens is 329 g/mol. The molecule has 0 atom stereocenters. The van der Waals surface area contributed by atoms with Gasteiger partial charge in [-0.05, 0) is 11.6 Å². The van der Waals surface area contributed by atoms with E-state index in [0.29, 0.717) is 5.69 Å². The first-order chi connectivity index (χ1) is 11.4. The Morgan fingerprint density at radius 3 is 2.83 bits per heavy atom. The van der Waals surface area contributed by atoms with Gasteiger partial charge in [-0.25, -0.2) is 10.1 Å². The van der Waals surface area contributed by atoms with Crippen molar-refractivity contribution in [1.82, 2.24) is 15.2 Å². The van der Waals surface area contributed by atoms with E-state index in [2.05, 4.69) is 10.1 Å². The Morgan fingerprint density at radius 1 is 1.33 bits per heavy atom. The summed E-state index contributed by atoms with van der Waals surface area (Å²) in [6.07, 6.45) is -3.80. The average molecular weight is 342 g/mol. The zero-order valence-electron chi connectivity index (χ0n) is 12.3. The molecule has 0 amide bonds. The summed E-state index contributed by atoms with van der Waals surface area (Å²) in [5, 5.41) is 14.0. The van der Waals surface area contributed by atoms with Crippen LogP contribution in [0, 0.1) is 0 Å². The molecule has 3 heterocycles. The fraction of sp³-hybridized carbons (Fsp3) is 0.357. The first-order valence-corrected chi connectivity index (χ1v) is 7.02. The number of aliphatic hydroxyl groups excluding tert-OH is 1. The van der Waals surface area contributed by atoms with Gasteiger partial charge in [0.05, 0.1) is 30.7 Å². The van der Waals surface area contributed by atoms with Crippen LogP contribution in [0.3, 0.4) is 0 Å². The topological polar surface area (TPSA) is 91.3 Å². The molecule has 0 saturated heterocycles. The van der Waals surface area contributed by atoms with E-state index in [4.69, 9.17) is 9.84 Å². The van der Waals surface area contributed by atoms with Gasteiger partial charge in [-0.1, -0.05) is 0 Å². The summed E-state index contributed by atoms with van der Waals surface area (Å²) in [4.78, 5) is 17.2. The maximum Gasteiger partial charge on any atom is 0.423 e. The van der Waals surface area contributed by atoms with E-state index in [0.717, 1.165) is 11.8 Å². The van der Waals surface area contributed by atoms with Crippen molar-refractivity contribution < 1.29 is 23.0 Å². The quantitative estimate of drug-likeness (QED) is 0.864. The largest absolute Gasteiger partial charge is 0.475 e. The Bertz CT molecular complexity index is 807. The third-order valence-electron chi connectivity index (χ3n) is 3.55. The van der Waals surface area contributed by atoms with Gasteiger partial charge in [-0.15, -0.1) is 0 Å². The Hall–Kier alpha value is -2.62. The van der Waals surface area contributed by atoms with Gasteiger partial charge in [0.25, 0.3) is 5.56 Å². The number of halogens is 3. The molecule has 0 unspecified atom stereocenters. The monoisotopic (exact) mass is 342 g/mol. The molecule has 0 aliphatic carbocycles. The number of ether oxygens (including phenoxy) is 1. The minimum atomic E-state index is -4.79. The summed E-state index contributed by atoms with van der Waals surface area (Å²) in [5.74, 6) is 0.282. The third-order valence-corrected chi connectivity index (χ3v) is 3.55. The number of aliphatic hydroxyl groups is 1. The molecule has 7 nitrogen and oxygen atoms in total. The number of pyridine rings is 1. The predicted octanol–water partition coefficient (Wildman–Crippen LogP) is 1.07. The lowest BCUT2D eigenvalue weighted by molar-refractivity contribution is -0.138. The number of nitrogens with one attached hydrogen (secondary N) is 1. The van der Waals surface area contributed by atoms with Crippen molar-refractivity contribution in [2.75, 3.05) is 18.1 Å². The van der Waals surface area contributed by atoms with Gasteiger partial charge in [-0.2, -0.15) is 18.3 Å². The molecule has 1 aliphatic rings. The summed E-state index contributed by atoms with van der Waals surface area (Å²) in [6.45, 7) is 0.181. The summed E-state index contributed by atoms with van der Waals surface area (Å²) in [7, 11) is 0. The highest BCUT2D eigenvalue weighted by molar-refractivity contribution is 5.55. The lowest BCUT2D eigenvalue weighted by atomic mass is 10.2. The van der Waals surface area contributed by atoms with Crippen LogP contribution < -0.4 is 15.2 Å². The number of nitrogens with zero attached hydrogens (tertiary/aromatic N) is 3. The molecule has 0 saturated carbocycles. The number of rotatable bonds is 4. The molecular formula is C14H13F3N4O3. The van der Waals surface area contributed by atoms with Crippen LogP contribution in [0.25, 0.3) is 0 Å². The second kappa shape index (κ2) is 6.11. The van der Waals surface area contributed by atoms with E-state index in [9.17, 15) is 18.0 Å². The van der Waals surface area contributed by atoms with Crippen molar-refractivity contribution >= 4 is 5.69 Å². The van der Waals surface area contributed by atoms with E-state index < -0.39 is 17.3 Å². The molecule has 10 heteroatoms. The van der Waals surface area contributed by atoms with Gasteiger partial charge >= 0.3 is 6.18 Å². The molecule has 0 aromatic carbocycles. The number of fused-ring (bicyclic) bond motifs is 1. The Kier molecular flexibility index (Phi) is 4.14. The number of aromatic nitrogens is 3. The fourth-order valence-corrected chi connectivity index (χ4v) is 2.54. The molecule has 1 aliphatic heterocycles. The van der Waals surface area contributed by atoms with Crippen LogP contribution in [0.5, 0.6) is 5.88 Å². The van der Waals surface area contributed by atoms with Crippen molar-refractivity contribution in [3.8, 4) is 5.88 Å². The smallest absolute Gasteiger partial charge is 0.423 e. The van der Waals surface area contributed by atoms with Gasteiger partial charge < -0.3 is 14.7 Å². The standard InChI is InChI=1S/C14H13F3N4O3/c15-14(16,17)12-10(5-18-20-13(12)23)21-6-8-1-2-11(24-4-3-22)19-9(8)7-21/h1-2,5,22H,3-4,6-7H2,(H,20,23). The Morgan fingerprint density at radius 2 is 2.12 bits per heavy atom. The van der Waals surface area contributed by atoms with Crippen molar-refractivity contribution in [1.29, 1.82) is 0 Å². The van der Waals surface area contributed by atoms with Crippen LogP contribution in [0.1, 0.15) is 16.8 Å². The molecule has 2 N–H and O–H groups in total. The van der Waals surface area contributed by atoms with Crippen LogP contribution in [0.2, 0.25) is 0 Å². The lowest BCUT2D eigenvalue weighted by Crippen LogP contribution is -2.28. The number of H-pyrrole nitrogens is 1. The maximum absolute atomic E-state index is 13.2. The normalized spacial score (nSPS) is 13.9. The molecule has 0 radical (unpaired) electrons. The van der Waals surface area contributed by atoms with E-state index in [1.807, 2.05) is 5.10 Å². The molecule has 3 rings (SSSR count). The van der Waals surface area contributed by atoms with Crippen molar-refractivity contribution in [2.45, 2.75) is 19.3 Å². The molecule has 2 aromatic rings. The summed E-state index contributed by atoms with van der Waals surface area (Å²) in [5.41, 5.74) is -1.56. The van der Waals surface area contributed by atoms with Crippen LogP contribution >= 0.6 is 0 Å². The number of alkyl halides is 3. The second-order valence-corrected chi connectivity index (χ2v) is 5.14. The third kappa shape index (κ3) is 3.04. The highest BCUT2D eigenvalue weighted by atomic mass is 19.4. The first-order valence-electron chi connectivity index (χ1n) is 7.02. The summed E-state index contributed by atoms with van der Waals surface area (Å²) < 4.78 is 44.7. The second-order valence-electron chi connectivity index (χ2n) is 5.14. The first kappa shape index (κ1) is 16.2. The number of hydrogen-bond acceptors (Lipinski definition) is 6. The molecule has 0 fully saturated rings.